The lowest BCUT2D eigenvalue weighted by atomic mass is 10.2. The Labute approximate surface area is 196 Å². The molecule has 176 valence electrons. The Balaban J connectivity index is 1.82. The zero-order chi connectivity index (χ0) is 24.2. The Bertz CT molecular complexity index is 1250. The highest BCUT2D eigenvalue weighted by Crippen LogP contribution is 2.32. The van der Waals surface area contributed by atoms with Gasteiger partial charge in [0.1, 0.15) is 0 Å². The summed E-state index contributed by atoms with van der Waals surface area (Å²) in [5.41, 5.74) is 1.46. The molecule has 0 aliphatic carbocycles. The van der Waals surface area contributed by atoms with Crippen LogP contribution in [-0.4, -0.2) is 62.1 Å². The van der Waals surface area contributed by atoms with Crippen molar-refractivity contribution in [3.8, 4) is 0 Å². The molecule has 33 heavy (non-hydrogen) atoms. The van der Waals surface area contributed by atoms with E-state index in [1.165, 1.54) is 28.4 Å². The summed E-state index contributed by atoms with van der Waals surface area (Å²) in [7, 11) is 0.246. The molecule has 1 amide bonds. The first-order valence-electron chi connectivity index (χ1n) is 10.4. The average Bonchev–Trinajstić information content (AvgIpc) is 3.18. The molecule has 0 atom stereocenters. The molecule has 0 aliphatic heterocycles. The van der Waals surface area contributed by atoms with Crippen molar-refractivity contribution >= 4 is 48.1 Å². The van der Waals surface area contributed by atoms with Gasteiger partial charge in [0.15, 0.2) is 15.0 Å². The predicted molar refractivity (Wildman–Crippen MR) is 130 cm³/mol. The van der Waals surface area contributed by atoms with Gasteiger partial charge in [-0.3, -0.25) is 19.8 Å². The second-order valence-electron chi connectivity index (χ2n) is 7.99. The zero-order valence-corrected chi connectivity index (χ0v) is 20.4. The van der Waals surface area contributed by atoms with Crippen LogP contribution in [0.3, 0.4) is 0 Å². The van der Waals surface area contributed by atoms with Gasteiger partial charge in [0.25, 0.3) is 5.69 Å². The van der Waals surface area contributed by atoms with E-state index < -0.39 is 14.8 Å². The van der Waals surface area contributed by atoms with E-state index in [0.717, 1.165) is 12.1 Å². The molecule has 11 heteroatoms. The van der Waals surface area contributed by atoms with E-state index in [2.05, 4.69) is 4.98 Å². The van der Waals surface area contributed by atoms with Crippen LogP contribution >= 0.6 is 11.3 Å². The van der Waals surface area contributed by atoms with Crippen molar-refractivity contribution in [2.45, 2.75) is 24.7 Å². The number of hydrogen-bond acceptors (Lipinski definition) is 8. The Hall–Kier alpha value is -2.89. The van der Waals surface area contributed by atoms with E-state index in [4.69, 9.17) is 0 Å². The van der Waals surface area contributed by atoms with Gasteiger partial charge in [0.05, 0.1) is 25.8 Å². The first-order chi connectivity index (χ1) is 15.6. The van der Waals surface area contributed by atoms with Gasteiger partial charge in [-0.2, -0.15) is 0 Å². The van der Waals surface area contributed by atoms with Crippen LogP contribution in [0, 0.1) is 17.0 Å². The van der Waals surface area contributed by atoms with Crippen LogP contribution in [0.1, 0.15) is 18.4 Å². The second-order valence-corrected chi connectivity index (χ2v) is 11.1. The largest absolute Gasteiger partial charge is 0.309 e. The SMILES string of the molecule is Cc1ccc(S(=O)(=O)CCC(=O)N(CCCN(C)C)c2nc3ccc([N+](=O)[O-])cc3s2)cc1. The fourth-order valence-corrected chi connectivity index (χ4v) is 5.49. The number of carbonyl (C=O) groups is 1. The first-order valence-corrected chi connectivity index (χ1v) is 12.8. The molecule has 0 radical (unpaired) electrons. The highest BCUT2D eigenvalue weighted by Gasteiger charge is 2.23. The highest BCUT2D eigenvalue weighted by molar-refractivity contribution is 7.91. The molecule has 9 nitrogen and oxygen atoms in total. The van der Waals surface area contributed by atoms with Gasteiger partial charge in [-0.15, -0.1) is 0 Å². The first kappa shape index (κ1) is 24.7. The smallest absolute Gasteiger partial charge is 0.270 e. The summed E-state index contributed by atoms with van der Waals surface area (Å²) in [6.07, 6.45) is 0.480. The average molecular weight is 491 g/mol. The van der Waals surface area contributed by atoms with E-state index in [1.807, 2.05) is 25.9 Å². The van der Waals surface area contributed by atoms with Crippen LogP contribution < -0.4 is 4.90 Å². The maximum atomic E-state index is 13.1. The number of hydrogen-bond donors (Lipinski definition) is 0. The quantitative estimate of drug-likeness (QED) is 0.315. The van der Waals surface area contributed by atoms with Crippen molar-refractivity contribution in [2.24, 2.45) is 0 Å². The molecule has 0 bridgehead atoms. The van der Waals surface area contributed by atoms with Gasteiger partial charge in [0.2, 0.25) is 5.91 Å². The summed E-state index contributed by atoms with van der Waals surface area (Å²) in [6.45, 7) is 2.98. The zero-order valence-electron chi connectivity index (χ0n) is 18.7. The number of anilines is 1. The Kier molecular flexibility index (Phi) is 7.77. The molecule has 0 aliphatic rings. The third kappa shape index (κ3) is 6.34. The number of aryl methyl sites for hydroxylation is 1. The summed E-state index contributed by atoms with van der Waals surface area (Å²) >= 11 is 1.18. The van der Waals surface area contributed by atoms with Crippen LogP contribution in [-0.2, 0) is 14.6 Å². The van der Waals surface area contributed by atoms with Crippen LogP contribution in [0.25, 0.3) is 10.2 Å². The Morgan fingerprint density at radius 2 is 1.82 bits per heavy atom. The van der Waals surface area contributed by atoms with E-state index in [9.17, 15) is 23.3 Å². The van der Waals surface area contributed by atoms with E-state index in [-0.39, 0.29) is 28.7 Å². The summed E-state index contributed by atoms with van der Waals surface area (Å²) in [5, 5.41) is 11.5. The molecular weight excluding hydrogens is 464 g/mol. The number of fused-ring (bicyclic) bond motifs is 1. The number of sulfone groups is 1. The molecule has 0 fully saturated rings. The Morgan fingerprint density at radius 1 is 1.12 bits per heavy atom. The minimum atomic E-state index is -3.61. The van der Waals surface area contributed by atoms with E-state index >= 15 is 0 Å². The molecule has 0 saturated carbocycles. The summed E-state index contributed by atoms with van der Waals surface area (Å²) < 4.78 is 26.0. The minimum absolute atomic E-state index is 0.0487. The van der Waals surface area contributed by atoms with Crippen molar-refractivity contribution in [2.75, 3.05) is 37.8 Å². The molecule has 0 N–H and O–H groups in total. The minimum Gasteiger partial charge on any atom is -0.309 e. The van der Waals surface area contributed by atoms with Gasteiger partial charge in [-0.25, -0.2) is 13.4 Å². The number of nitro benzene ring substituents is 1. The number of carbonyl (C=O) groups excluding carboxylic acids is 1. The van der Waals surface area contributed by atoms with Gasteiger partial charge in [-0.1, -0.05) is 29.0 Å². The summed E-state index contributed by atoms with van der Waals surface area (Å²) in [5.74, 6) is -0.659. The monoisotopic (exact) mass is 490 g/mol. The lowest BCUT2D eigenvalue weighted by molar-refractivity contribution is -0.384. The van der Waals surface area contributed by atoms with Crippen LogP contribution in [0.2, 0.25) is 0 Å². The molecule has 0 unspecified atom stereocenters. The maximum absolute atomic E-state index is 13.1. The molecule has 1 heterocycles. The van der Waals surface area contributed by atoms with Crippen LogP contribution in [0.15, 0.2) is 47.4 Å². The Morgan fingerprint density at radius 3 is 2.45 bits per heavy atom. The molecular formula is C22H26N4O5S2. The van der Waals surface area contributed by atoms with Crippen LogP contribution in [0.5, 0.6) is 0 Å². The van der Waals surface area contributed by atoms with Crippen LogP contribution in [0.4, 0.5) is 10.8 Å². The number of amides is 1. The van der Waals surface area contributed by atoms with E-state index in [1.54, 1.807) is 30.3 Å². The predicted octanol–water partition coefficient (Wildman–Crippen LogP) is 3.66. The number of aromatic nitrogens is 1. The summed E-state index contributed by atoms with van der Waals surface area (Å²) in [4.78, 5) is 31.9. The number of thiazole rings is 1. The molecule has 1 aromatic heterocycles. The number of non-ortho nitro benzene ring substituents is 1. The summed E-state index contributed by atoms with van der Waals surface area (Å²) in [6, 6.07) is 10.9. The molecule has 0 saturated heterocycles. The molecule has 3 rings (SSSR count). The third-order valence-electron chi connectivity index (χ3n) is 5.06. The fraction of sp³-hybridized carbons (Fsp3) is 0.364. The van der Waals surface area contributed by atoms with E-state index in [0.29, 0.717) is 28.3 Å². The van der Waals surface area contributed by atoms with Gasteiger partial charge in [-0.05, 0) is 52.2 Å². The number of nitro groups is 1. The molecule has 3 aromatic rings. The van der Waals surface area contributed by atoms with Crippen molar-refractivity contribution in [1.82, 2.24) is 9.88 Å². The van der Waals surface area contributed by atoms with Crippen molar-refractivity contribution in [3.63, 3.8) is 0 Å². The second kappa shape index (κ2) is 10.4. The highest BCUT2D eigenvalue weighted by atomic mass is 32.2. The topological polar surface area (TPSA) is 114 Å². The standard InChI is InChI=1S/C22H26N4O5S2/c1-16-5-8-18(9-6-16)33(30,31)14-11-21(27)25(13-4-12-24(2)3)22-23-19-10-7-17(26(28)29)15-20(19)32-22/h5-10,15H,4,11-14H2,1-3H3. The van der Waals surface area contributed by atoms with Gasteiger partial charge < -0.3 is 4.90 Å². The van der Waals surface area contributed by atoms with Crippen molar-refractivity contribution in [3.05, 3.63) is 58.1 Å². The van der Waals surface area contributed by atoms with Crippen molar-refractivity contribution < 1.29 is 18.1 Å². The third-order valence-corrected chi connectivity index (χ3v) is 7.83. The maximum Gasteiger partial charge on any atom is 0.270 e. The van der Waals surface area contributed by atoms with Gasteiger partial charge in [0, 0.05) is 25.1 Å². The number of rotatable bonds is 10. The molecule has 2 aromatic carbocycles. The van der Waals surface area contributed by atoms with Crippen molar-refractivity contribution in [1.29, 1.82) is 0 Å². The number of benzene rings is 2. The fourth-order valence-electron chi connectivity index (χ4n) is 3.22. The normalized spacial score (nSPS) is 11.8. The number of nitrogens with zero attached hydrogens (tertiary/aromatic N) is 4. The molecule has 0 spiro atoms. The lowest BCUT2D eigenvalue weighted by Gasteiger charge is -2.21. The van der Waals surface area contributed by atoms with Gasteiger partial charge >= 0.3 is 0 Å². The lowest BCUT2D eigenvalue weighted by Crippen LogP contribution is -2.34.